The van der Waals surface area contributed by atoms with Gasteiger partial charge in [-0.15, -0.1) is 0 Å². The fourth-order valence-corrected chi connectivity index (χ4v) is 3.24. The first-order valence-corrected chi connectivity index (χ1v) is 6.91. The van der Waals surface area contributed by atoms with Crippen molar-refractivity contribution in [3.8, 4) is 0 Å². The Hall–Kier alpha value is -1.78. The maximum Gasteiger partial charge on any atom is 0.256 e. The average Bonchev–Trinajstić information content (AvgIpc) is 2.83. The van der Waals surface area contributed by atoms with Crippen molar-refractivity contribution in [3.63, 3.8) is 0 Å². The standard InChI is InChI=1S/C14H19N3O2/c1-9-10(6-7-15-9)14(19)17-8-13(18)16-11-4-2-3-5-12(11)17/h6-7,11-12,15H,2-5,8H2,1H3,(H,16,18)/t11-,12+/m1/s1. The number of fused-ring (bicyclic) bond motifs is 1. The minimum atomic E-state index is -0.0373. The molecule has 0 bridgehead atoms. The van der Waals surface area contributed by atoms with Crippen molar-refractivity contribution in [1.82, 2.24) is 15.2 Å². The molecule has 1 aromatic rings. The summed E-state index contributed by atoms with van der Waals surface area (Å²) in [6.45, 7) is 2.07. The molecule has 2 N–H and O–H groups in total. The monoisotopic (exact) mass is 261 g/mol. The van der Waals surface area contributed by atoms with Gasteiger partial charge in [-0.2, -0.15) is 0 Å². The summed E-state index contributed by atoms with van der Waals surface area (Å²) in [4.78, 5) is 29.2. The molecule has 1 aliphatic carbocycles. The predicted octanol–water partition coefficient (Wildman–Crippen LogP) is 1.21. The third-order valence-corrected chi connectivity index (χ3v) is 4.24. The van der Waals surface area contributed by atoms with E-state index in [9.17, 15) is 9.59 Å². The molecule has 2 heterocycles. The second-order valence-corrected chi connectivity index (χ2v) is 5.48. The molecule has 102 valence electrons. The summed E-state index contributed by atoms with van der Waals surface area (Å²) in [5, 5.41) is 3.02. The minimum Gasteiger partial charge on any atom is -0.365 e. The van der Waals surface area contributed by atoms with Gasteiger partial charge in [-0.1, -0.05) is 12.8 Å². The number of aromatic nitrogens is 1. The summed E-state index contributed by atoms with van der Waals surface area (Å²) in [7, 11) is 0. The first-order valence-electron chi connectivity index (χ1n) is 6.91. The van der Waals surface area contributed by atoms with Crippen molar-refractivity contribution in [3.05, 3.63) is 23.5 Å². The largest absolute Gasteiger partial charge is 0.365 e. The number of carbonyl (C=O) groups excluding carboxylic acids is 2. The average molecular weight is 261 g/mol. The Labute approximate surface area is 112 Å². The Morgan fingerprint density at radius 2 is 2.16 bits per heavy atom. The Bertz CT molecular complexity index is 509. The molecule has 1 aliphatic heterocycles. The molecule has 1 saturated heterocycles. The summed E-state index contributed by atoms with van der Waals surface area (Å²) < 4.78 is 0. The predicted molar refractivity (Wildman–Crippen MR) is 70.8 cm³/mol. The van der Waals surface area contributed by atoms with Crippen LogP contribution in [-0.4, -0.2) is 40.3 Å². The summed E-state index contributed by atoms with van der Waals surface area (Å²) in [5.41, 5.74) is 1.54. The van der Waals surface area contributed by atoms with Crippen LogP contribution >= 0.6 is 0 Å². The van der Waals surface area contributed by atoms with Crippen LogP contribution in [0.1, 0.15) is 41.7 Å². The van der Waals surface area contributed by atoms with Gasteiger partial charge in [0.05, 0.1) is 11.6 Å². The first-order chi connectivity index (χ1) is 9.16. The molecule has 3 rings (SSSR count). The number of H-pyrrole nitrogens is 1. The van der Waals surface area contributed by atoms with Gasteiger partial charge in [-0.05, 0) is 25.8 Å². The topological polar surface area (TPSA) is 65.2 Å². The van der Waals surface area contributed by atoms with Crippen LogP contribution in [0.5, 0.6) is 0 Å². The second-order valence-electron chi connectivity index (χ2n) is 5.48. The normalized spacial score (nSPS) is 26.8. The number of aryl methyl sites for hydroxylation is 1. The number of piperazine rings is 1. The smallest absolute Gasteiger partial charge is 0.256 e. The molecule has 2 fully saturated rings. The van der Waals surface area contributed by atoms with Gasteiger partial charge in [0.15, 0.2) is 0 Å². The number of carbonyl (C=O) groups is 2. The van der Waals surface area contributed by atoms with E-state index in [1.54, 1.807) is 17.2 Å². The van der Waals surface area contributed by atoms with E-state index >= 15 is 0 Å². The molecule has 5 nitrogen and oxygen atoms in total. The number of nitrogens with zero attached hydrogens (tertiary/aromatic N) is 1. The van der Waals surface area contributed by atoms with Gasteiger partial charge in [0.25, 0.3) is 5.91 Å². The summed E-state index contributed by atoms with van der Waals surface area (Å²) in [5.74, 6) is -0.0600. The Kier molecular flexibility index (Phi) is 3.05. The van der Waals surface area contributed by atoms with Gasteiger partial charge in [0.1, 0.15) is 6.54 Å². The highest BCUT2D eigenvalue weighted by molar-refractivity contribution is 5.98. The molecule has 0 radical (unpaired) electrons. The molecule has 0 spiro atoms. The van der Waals surface area contributed by atoms with Gasteiger partial charge < -0.3 is 15.2 Å². The van der Waals surface area contributed by atoms with Crippen LogP contribution in [0.15, 0.2) is 12.3 Å². The summed E-state index contributed by atoms with van der Waals surface area (Å²) in [6.07, 6.45) is 6.00. The van der Waals surface area contributed by atoms with Crippen LogP contribution in [0.25, 0.3) is 0 Å². The number of rotatable bonds is 1. The SMILES string of the molecule is Cc1[nH]ccc1C(=O)N1CC(=O)N[C@@H]2CCCC[C@@H]21. The lowest BCUT2D eigenvalue weighted by molar-refractivity contribution is -0.127. The van der Waals surface area contributed by atoms with Crippen LogP contribution in [0.3, 0.4) is 0 Å². The van der Waals surface area contributed by atoms with Crippen molar-refractivity contribution in [1.29, 1.82) is 0 Å². The second kappa shape index (κ2) is 4.72. The molecule has 5 heteroatoms. The zero-order chi connectivity index (χ0) is 13.4. The van der Waals surface area contributed by atoms with E-state index < -0.39 is 0 Å². The Morgan fingerprint density at radius 3 is 2.89 bits per heavy atom. The van der Waals surface area contributed by atoms with Crippen molar-refractivity contribution in [2.24, 2.45) is 0 Å². The highest BCUT2D eigenvalue weighted by Crippen LogP contribution is 2.27. The van der Waals surface area contributed by atoms with E-state index in [-0.39, 0.29) is 30.4 Å². The summed E-state index contributed by atoms with van der Waals surface area (Å²) in [6, 6.07) is 2.09. The van der Waals surface area contributed by atoms with Crippen molar-refractivity contribution < 1.29 is 9.59 Å². The fraction of sp³-hybridized carbons (Fsp3) is 0.571. The van der Waals surface area contributed by atoms with E-state index in [4.69, 9.17) is 0 Å². The first kappa shape index (κ1) is 12.3. The fourth-order valence-electron chi connectivity index (χ4n) is 3.24. The highest BCUT2D eigenvalue weighted by atomic mass is 16.2. The zero-order valence-electron chi connectivity index (χ0n) is 11.1. The van der Waals surface area contributed by atoms with Gasteiger partial charge in [0.2, 0.25) is 5.91 Å². The molecule has 19 heavy (non-hydrogen) atoms. The van der Waals surface area contributed by atoms with Crippen LogP contribution in [0.2, 0.25) is 0 Å². The quantitative estimate of drug-likeness (QED) is 0.798. The van der Waals surface area contributed by atoms with E-state index in [1.165, 1.54) is 0 Å². The van der Waals surface area contributed by atoms with Gasteiger partial charge in [0, 0.05) is 17.9 Å². The van der Waals surface area contributed by atoms with Crippen molar-refractivity contribution in [2.45, 2.75) is 44.7 Å². The number of nitrogens with one attached hydrogen (secondary N) is 2. The zero-order valence-corrected chi connectivity index (χ0v) is 11.1. The molecule has 2 amide bonds. The molecule has 2 aliphatic rings. The molecule has 1 aromatic heterocycles. The van der Waals surface area contributed by atoms with Crippen molar-refractivity contribution in [2.75, 3.05) is 6.54 Å². The molecule has 0 aromatic carbocycles. The number of hydrogen-bond donors (Lipinski definition) is 2. The highest BCUT2D eigenvalue weighted by Gasteiger charge is 2.39. The number of hydrogen-bond acceptors (Lipinski definition) is 2. The molecule has 1 saturated carbocycles. The van der Waals surface area contributed by atoms with E-state index in [0.717, 1.165) is 31.4 Å². The molecular weight excluding hydrogens is 242 g/mol. The Morgan fingerprint density at radius 1 is 1.37 bits per heavy atom. The lowest BCUT2D eigenvalue weighted by atomic mass is 9.87. The third-order valence-electron chi connectivity index (χ3n) is 4.24. The van der Waals surface area contributed by atoms with Gasteiger partial charge in [-0.3, -0.25) is 9.59 Å². The Balaban J connectivity index is 1.87. The minimum absolute atomic E-state index is 0.0227. The maximum atomic E-state index is 12.6. The van der Waals surface area contributed by atoms with E-state index in [1.807, 2.05) is 6.92 Å². The van der Waals surface area contributed by atoms with Crippen LogP contribution < -0.4 is 5.32 Å². The molecule has 0 unspecified atom stereocenters. The van der Waals surface area contributed by atoms with Crippen LogP contribution in [-0.2, 0) is 4.79 Å². The van der Waals surface area contributed by atoms with E-state index in [2.05, 4.69) is 10.3 Å². The maximum absolute atomic E-state index is 12.6. The van der Waals surface area contributed by atoms with Crippen LogP contribution in [0, 0.1) is 6.92 Å². The molecular formula is C14H19N3O2. The lowest BCUT2D eigenvalue weighted by Crippen LogP contribution is -2.62. The summed E-state index contributed by atoms with van der Waals surface area (Å²) >= 11 is 0. The van der Waals surface area contributed by atoms with Gasteiger partial charge >= 0.3 is 0 Å². The van der Waals surface area contributed by atoms with Gasteiger partial charge in [-0.25, -0.2) is 0 Å². The number of aromatic amines is 1. The third kappa shape index (κ3) is 2.13. The van der Waals surface area contributed by atoms with E-state index in [0.29, 0.717) is 5.56 Å². The number of amides is 2. The van der Waals surface area contributed by atoms with Crippen LogP contribution in [0.4, 0.5) is 0 Å². The van der Waals surface area contributed by atoms with Crippen molar-refractivity contribution >= 4 is 11.8 Å². The molecule has 2 atom stereocenters. The lowest BCUT2D eigenvalue weighted by Gasteiger charge is -2.43.